The largest absolute Gasteiger partial charge is 0.464 e. The molecule has 5 heteroatoms. The predicted octanol–water partition coefficient (Wildman–Crippen LogP) is 3.51. The third-order valence-corrected chi connectivity index (χ3v) is 4.28. The van der Waals surface area contributed by atoms with Gasteiger partial charge < -0.3 is 9.73 Å². The lowest BCUT2D eigenvalue weighted by Gasteiger charge is -2.07. The molecule has 1 amide bonds. The van der Waals surface area contributed by atoms with E-state index >= 15 is 0 Å². The zero-order chi connectivity index (χ0) is 17.6. The van der Waals surface area contributed by atoms with E-state index in [2.05, 4.69) is 10.4 Å². The van der Waals surface area contributed by atoms with Crippen LogP contribution in [0.1, 0.15) is 23.4 Å². The second-order valence-electron chi connectivity index (χ2n) is 6.08. The summed E-state index contributed by atoms with van der Waals surface area (Å²) in [6.45, 7) is 5.20. The van der Waals surface area contributed by atoms with E-state index in [1.54, 1.807) is 6.26 Å². The molecule has 2 aromatic heterocycles. The molecule has 0 saturated heterocycles. The van der Waals surface area contributed by atoms with Gasteiger partial charge in [0.1, 0.15) is 5.76 Å². The molecule has 0 unspecified atom stereocenters. The average molecular weight is 337 g/mol. The zero-order valence-electron chi connectivity index (χ0n) is 14.7. The number of amides is 1. The summed E-state index contributed by atoms with van der Waals surface area (Å²) in [6.07, 6.45) is 2.92. The number of nitrogens with one attached hydrogen (secondary N) is 1. The average Bonchev–Trinajstić information content (AvgIpc) is 3.22. The van der Waals surface area contributed by atoms with E-state index in [0.717, 1.165) is 29.1 Å². The minimum absolute atomic E-state index is 0.0663. The van der Waals surface area contributed by atoms with Gasteiger partial charge in [-0.25, -0.2) is 0 Å². The van der Waals surface area contributed by atoms with Gasteiger partial charge in [-0.05, 0) is 38.0 Å². The van der Waals surface area contributed by atoms with Crippen LogP contribution >= 0.6 is 0 Å². The summed E-state index contributed by atoms with van der Waals surface area (Å²) in [5.41, 5.74) is 4.19. The first-order chi connectivity index (χ1) is 12.1. The minimum atomic E-state index is 0.0663. The summed E-state index contributed by atoms with van der Waals surface area (Å²) in [5.74, 6) is 0.893. The molecule has 0 bridgehead atoms. The molecular formula is C20H23N3O2. The van der Waals surface area contributed by atoms with Crippen molar-refractivity contribution >= 4 is 5.91 Å². The predicted molar refractivity (Wildman–Crippen MR) is 97.2 cm³/mol. The number of furan rings is 1. The molecule has 0 aliphatic rings. The van der Waals surface area contributed by atoms with Crippen LogP contribution in [0.4, 0.5) is 0 Å². The molecule has 1 N–H and O–H groups in total. The molecule has 5 nitrogen and oxygen atoms in total. The number of aryl methyl sites for hydroxylation is 2. The van der Waals surface area contributed by atoms with Gasteiger partial charge in [-0.2, -0.15) is 5.10 Å². The highest BCUT2D eigenvalue weighted by atomic mass is 16.3. The van der Waals surface area contributed by atoms with Crippen molar-refractivity contribution < 1.29 is 9.21 Å². The highest BCUT2D eigenvalue weighted by molar-refractivity contribution is 5.76. The van der Waals surface area contributed by atoms with Crippen molar-refractivity contribution in [2.45, 2.75) is 33.2 Å². The Morgan fingerprint density at radius 3 is 2.68 bits per heavy atom. The Kier molecular flexibility index (Phi) is 5.33. The SMILES string of the molecule is Cc1nn(CCNC(=O)CCc2ccccc2)c(C)c1-c1ccco1. The van der Waals surface area contributed by atoms with Crippen LogP contribution in [0.15, 0.2) is 53.1 Å². The van der Waals surface area contributed by atoms with Gasteiger partial charge in [0.25, 0.3) is 0 Å². The molecule has 0 fully saturated rings. The topological polar surface area (TPSA) is 60.1 Å². The van der Waals surface area contributed by atoms with Crippen LogP contribution in [0.2, 0.25) is 0 Å². The first-order valence-corrected chi connectivity index (χ1v) is 8.53. The van der Waals surface area contributed by atoms with E-state index in [9.17, 15) is 4.79 Å². The van der Waals surface area contributed by atoms with Crippen LogP contribution in [-0.4, -0.2) is 22.2 Å². The first-order valence-electron chi connectivity index (χ1n) is 8.53. The fourth-order valence-electron chi connectivity index (χ4n) is 2.98. The van der Waals surface area contributed by atoms with Gasteiger partial charge in [-0.3, -0.25) is 9.48 Å². The van der Waals surface area contributed by atoms with Crippen LogP contribution in [0, 0.1) is 13.8 Å². The van der Waals surface area contributed by atoms with Crippen molar-refractivity contribution in [3.8, 4) is 11.3 Å². The van der Waals surface area contributed by atoms with Gasteiger partial charge >= 0.3 is 0 Å². The van der Waals surface area contributed by atoms with E-state index in [-0.39, 0.29) is 5.91 Å². The van der Waals surface area contributed by atoms with Gasteiger partial charge in [-0.1, -0.05) is 30.3 Å². The van der Waals surface area contributed by atoms with Crippen molar-refractivity contribution in [1.29, 1.82) is 0 Å². The maximum absolute atomic E-state index is 12.0. The van der Waals surface area contributed by atoms with Crippen LogP contribution in [0.5, 0.6) is 0 Å². The number of nitrogens with zero attached hydrogens (tertiary/aromatic N) is 2. The number of aromatic nitrogens is 2. The Balaban J connectivity index is 1.51. The third kappa shape index (κ3) is 4.18. The standard InChI is InChI=1S/C20H23N3O2/c1-15-20(18-9-6-14-25-18)16(2)23(22-15)13-12-21-19(24)11-10-17-7-4-3-5-8-17/h3-9,14H,10-13H2,1-2H3,(H,21,24). The quantitative estimate of drug-likeness (QED) is 0.718. The normalized spacial score (nSPS) is 10.8. The van der Waals surface area contributed by atoms with Crippen LogP contribution in [-0.2, 0) is 17.8 Å². The van der Waals surface area contributed by atoms with E-state index in [1.807, 2.05) is 61.0 Å². The molecule has 0 spiro atoms. The van der Waals surface area contributed by atoms with E-state index in [0.29, 0.717) is 19.5 Å². The maximum atomic E-state index is 12.0. The highest BCUT2D eigenvalue weighted by Crippen LogP contribution is 2.26. The van der Waals surface area contributed by atoms with Gasteiger partial charge in [0.15, 0.2) is 0 Å². The van der Waals surface area contributed by atoms with Crippen molar-refractivity contribution in [1.82, 2.24) is 15.1 Å². The van der Waals surface area contributed by atoms with E-state index < -0.39 is 0 Å². The molecule has 2 heterocycles. The Bertz CT molecular complexity index is 820. The second-order valence-corrected chi connectivity index (χ2v) is 6.08. The minimum Gasteiger partial charge on any atom is -0.464 e. The molecule has 3 aromatic rings. The second kappa shape index (κ2) is 7.83. The monoisotopic (exact) mass is 337 g/mol. The van der Waals surface area contributed by atoms with Crippen molar-refractivity contribution in [2.24, 2.45) is 0 Å². The summed E-state index contributed by atoms with van der Waals surface area (Å²) >= 11 is 0. The number of hydrogen-bond donors (Lipinski definition) is 1. The highest BCUT2D eigenvalue weighted by Gasteiger charge is 2.15. The van der Waals surface area contributed by atoms with Gasteiger partial charge in [0.05, 0.1) is 24.1 Å². The molecule has 3 rings (SSSR count). The fourth-order valence-corrected chi connectivity index (χ4v) is 2.98. The number of hydrogen-bond acceptors (Lipinski definition) is 3. The number of carbonyl (C=O) groups excluding carboxylic acids is 1. The molecule has 25 heavy (non-hydrogen) atoms. The molecule has 0 saturated carbocycles. The molecule has 1 aromatic carbocycles. The molecule has 0 aliphatic carbocycles. The van der Waals surface area contributed by atoms with Gasteiger partial charge in [0, 0.05) is 18.7 Å². The molecule has 0 radical (unpaired) electrons. The molecule has 130 valence electrons. The smallest absolute Gasteiger partial charge is 0.220 e. The summed E-state index contributed by atoms with van der Waals surface area (Å²) in [7, 11) is 0. The third-order valence-electron chi connectivity index (χ3n) is 4.28. The molecule has 0 aliphatic heterocycles. The van der Waals surface area contributed by atoms with Crippen LogP contribution in [0.25, 0.3) is 11.3 Å². The van der Waals surface area contributed by atoms with Crippen molar-refractivity contribution in [3.05, 3.63) is 65.7 Å². The van der Waals surface area contributed by atoms with Crippen LogP contribution in [0.3, 0.4) is 0 Å². The molecule has 0 atom stereocenters. The molecular weight excluding hydrogens is 314 g/mol. The van der Waals surface area contributed by atoms with Crippen molar-refractivity contribution in [2.75, 3.05) is 6.54 Å². The summed E-state index contributed by atoms with van der Waals surface area (Å²) in [6, 6.07) is 13.9. The van der Waals surface area contributed by atoms with Crippen LogP contribution < -0.4 is 5.32 Å². The summed E-state index contributed by atoms with van der Waals surface area (Å²) in [4.78, 5) is 12.0. The Hall–Kier alpha value is -2.82. The van der Waals surface area contributed by atoms with E-state index in [1.165, 1.54) is 5.56 Å². The lowest BCUT2D eigenvalue weighted by Crippen LogP contribution is -2.28. The first kappa shape index (κ1) is 17.0. The number of benzene rings is 1. The Morgan fingerprint density at radius 2 is 1.96 bits per heavy atom. The maximum Gasteiger partial charge on any atom is 0.220 e. The van der Waals surface area contributed by atoms with Gasteiger partial charge in [-0.15, -0.1) is 0 Å². The summed E-state index contributed by atoms with van der Waals surface area (Å²) < 4.78 is 7.41. The van der Waals surface area contributed by atoms with Gasteiger partial charge in [0.2, 0.25) is 5.91 Å². The fraction of sp³-hybridized carbons (Fsp3) is 0.300. The summed E-state index contributed by atoms with van der Waals surface area (Å²) in [5, 5.41) is 7.53. The Morgan fingerprint density at radius 1 is 1.16 bits per heavy atom. The lowest BCUT2D eigenvalue weighted by molar-refractivity contribution is -0.121. The number of rotatable bonds is 7. The van der Waals surface area contributed by atoms with Crippen molar-refractivity contribution in [3.63, 3.8) is 0 Å². The lowest BCUT2D eigenvalue weighted by atomic mass is 10.1. The Labute approximate surface area is 147 Å². The van der Waals surface area contributed by atoms with E-state index in [4.69, 9.17) is 4.42 Å². The zero-order valence-corrected chi connectivity index (χ0v) is 14.7. The number of carbonyl (C=O) groups is 1.